The maximum Gasteiger partial charge on any atom is 0.195 e. The summed E-state index contributed by atoms with van der Waals surface area (Å²) in [6.07, 6.45) is 4.27. The van der Waals surface area contributed by atoms with Gasteiger partial charge in [-0.3, -0.25) is 9.52 Å². The molecule has 1 fully saturated rings. The topological polar surface area (TPSA) is 71.9 Å². The van der Waals surface area contributed by atoms with Gasteiger partial charge in [0.1, 0.15) is 0 Å². The monoisotopic (exact) mass is 508 g/mol. The van der Waals surface area contributed by atoms with E-state index in [1.165, 1.54) is 0 Å². The van der Waals surface area contributed by atoms with E-state index in [1.807, 2.05) is 18.2 Å². The molecule has 0 spiro atoms. The highest BCUT2D eigenvalue weighted by atomic mass is 79.9. The highest BCUT2D eigenvalue weighted by Crippen LogP contribution is 2.46. The smallest absolute Gasteiger partial charge is 0.195 e. The molecule has 2 aliphatic rings. The summed E-state index contributed by atoms with van der Waals surface area (Å²) >= 11 is 5.45. The highest BCUT2D eigenvalue weighted by molar-refractivity contribution is 9.10. The lowest BCUT2D eigenvalue weighted by atomic mass is 9.71. The van der Waals surface area contributed by atoms with Crippen LogP contribution in [0, 0.1) is 11.3 Å². The van der Waals surface area contributed by atoms with Gasteiger partial charge in [-0.05, 0) is 64.9 Å². The summed E-state index contributed by atoms with van der Waals surface area (Å²) in [4.78, 5) is 19.5. The second-order valence-corrected chi connectivity index (χ2v) is 10.6. The Kier molecular flexibility index (Phi) is 5.36. The molecule has 5 rings (SSSR count). The SMILES string of the molecule is CSNC1CCN(c2cc3c(cc2Br)C(=O)c2c([nH]c4cc(C#N)ccc24)C3(C)C)CC1. The zero-order chi connectivity index (χ0) is 22.6. The minimum atomic E-state index is -0.363. The molecule has 2 heterocycles. The maximum atomic E-state index is 13.6. The molecule has 164 valence electrons. The van der Waals surface area contributed by atoms with E-state index in [4.69, 9.17) is 0 Å². The number of nitriles is 1. The lowest BCUT2D eigenvalue weighted by Gasteiger charge is -2.37. The van der Waals surface area contributed by atoms with Crippen LogP contribution >= 0.6 is 27.9 Å². The average molecular weight is 509 g/mol. The zero-order valence-corrected chi connectivity index (χ0v) is 20.8. The quantitative estimate of drug-likeness (QED) is 0.456. The highest BCUT2D eigenvalue weighted by Gasteiger charge is 2.40. The molecule has 0 saturated carbocycles. The Morgan fingerprint density at radius 3 is 2.69 bits per heavy atom. The number of hydrogen-bond acceptors (Lipinski definition) is 5. The molecule has 3 aromatic rings. The number of anilines is 1. The van der Waals surface area contributed by atoms with Gasteiger partial charge in [0.15, 0.2) is 5.78 Å². The Morgan fingerprint density at radius 2 is 2.00 bits per heavy atom. The van der Waals surface area contributed by atoms with Crippen molar-refractivity contribution < 1.29 is 4.79 Å². The molecule has 1 saturated heterocycles. The van der Waals surface area contributed by atoms with Gasteiger partial charge >= 0.3 is 0 Å². The van der Waals surface area contributed by atoms with Crippen molar-refractivity contribution in [2.45, 2.75) is 38.1 Å². The summed E-state index contributed by atoms with van der Waals surface area (Å²) in [5.74, 6) is 0.0420. The number of hydrogen-bond donors (Lipinski definition) is 2. The minimum Gasteiger partial charge on any atom is -0.370 e. The Labute approximate surface area is 200 Å². The standard InChI is InChI=1S/C25H25BrN4OS/c1-25(2)18-12-21(30-8-6-15(7-9-30)29-32-3)19(26)11-17(18)23(31)22-16-5-4-14(13-27)10-20(16)28-24(22)25/h4-5,10-12,15,28-29H,6-9H2,1-3H3. The molecule has 0 amide bonds. The van der Waals surface area contributed by atoms with Crippen LogP contribution in [0.3, 0.4) is 0 Å². The summed E-state index contributed by atoms with van der Waals surface area (Å²) in [5.41, 5.74) is 5.67. The van der Waals surface area contributed by atoms with Crippen molar-refractivity contribution in [3.05, 3.63) is 62.8 Å². The van der Waals surface area contributed by atoms with Gasteiger partial charge in [-0.2, -0.15) is 5.26 Å². The van der Waals surface area contributed by atoms with E-state index in [1.54, 1.807) is 18.0 Å². The van der Waals surface area contributed by atoms with Gasteiger partial charge in [-0.15, -0.1) is 0 Å². The number of rotatable bonds is 3. The first kappa shape index (κ1) is 21.6. The van der Waals surface area contributed by atoms with E-state index in [2.05, 4.69) is 62.8 Å². The van der Waals surface area contributed by atoms with Crippen molar-refractivity contribution in [2.24, 2.45) is 0 Å². The van der Waals surface area contributed by atoms with E-state index in [0.29, 0.717) is 11.6 Å². The largest absolute Gasteiger partial charge is 0.370 e. The Morgan fingerprint density at radius 1 is 1.25 bits per heavy atom. The zero-order valence-electron chi connectivity index (χ0n) is 18.4. The summed E-state index contributed by atoms with van der Waals surface area (Å²) in [6.45, 7) is 6.31. The van der Waals surface area contributed by atoms with Crippen LogP contribution in [0.2, 0.25) is 0 Å². The molecule has 0 atom stereocenters. The number of aromatic nitrogens is 1. The average Bonchev–Trinajstić information content (AvgIpc) is 3.18. The molecule has 0 bridgehead atoms. The van der Waals surface area contributed by atoms with Crippen molar-refractivity contribution >= 4 is 50.3 Å². The first-order valence-corrected chi connectivity index (χ1v) is 12.9. The van der Waals surface area contributed by atoms with Crippen LogP contribution in [-0.4, -0.2) is 36.2 Å². The molecule has 32 heavy (non-hydrogen) atoms. The molecule has 1 aliphatic heterocycles. The van der Waals surface area contributed by atoms with E-state index in [9.17, 15) is 10.1 Å². The van der Waals surface area contributed by atoms with Crippen LogP contribution in [0.15, 0.2) is 34.8 Å². The van der Waals surface area contributed by atoms with Gasteiger partial charge in [0.25, 0.3) is 0 Å². The maximum absolute atomic E-state index is 13.6. The normalized spacial score (nSPS) is 17.8. The first-order valence-electron chi connectivity index (χ1n) is 10.8. The number of carbonyl (C=O) groups excluding carboxylic acids is 1. The summed E-state index contributed by atoms with van der Waals surface area (Å²) in [5, 5.41) is 10.2. The van der Waals surface area contributed by atoms with E-state index in [-0.39, 0.29) is 11.2 Å². The molecular formula is C25H25BrN4OS. The number of nitrogens with zero attached hydrogens (tertiary/aromatic N) is 2. The molecule has 2 N–H and O–H groups in total. The van der Waals surface area contributed by atoms with Crippen molar-refractivity contribution in [2.75, 3.05) is 24.2 Å². The fourth-order valence-corrected chi connectivity index (χ4v) is 6.32. The Bertz CT molecular complexity index is 1280. The summed E-state index contributed by atoms with van der Waals surface area (Å²) in [6, 6.07) is 12.4. The molecule has 1 aliphatic carbocycles. The van der Waals surface area contributed by atoms with Crippen molar-refractivity contribution in [3.8, 4) is 6.07 Å². The minimum absolute atomic E-state index is 0.0420. The number of H-pyrrole nitrogens is 1. The second-order valence-electron chi connectivity index (χ2n) is 9.13. The first-order chi connectivity index (χ1) is 15.3. The molecular weight excluding hydrogens is 484 g/mol. The van der Waals surface area contributed by atoms with Crippen molar-refractivity contribution in [1.82, 2.24) is 9.71 Å². The van der Waals surface area contributed by atoms with Crippen LogP contribution in [0.4, 0.5) is 5.69 Å². The third-order valence-electron chi connectivity index (χ3n) is 6.90. The summed E-state index contributed by atoms with van der Waals surface area (Å²) in [7, 11) is 0. The Balaban J connectivity index is 1.59. The van der Waals surface area contributed by atoms with Crippen LogP contribution < -0.4 is 9.62 Å². The van der Waals surface area contributed by atoms with E-state index in [0.717, 1.165) is 69.4 Å². The lowest BCUT2D eigenvalue weighted by molar-refractivity contribution is 0.103. The number of fused-ring (bicyclic) bond motifs is 4. The Hall–Kier alpha value is -2.27. The number of carbonyl (C=O) groups is 1. The number of nitrogens with one attached hydrogen (secondary N) is 2. The molecule has 1 aromatic heterocycles. The molecule has 5 nitrogen and oxygen atoms in total. The fraction of sp³-hybridized carbons (Fsp3) is 0.360. The number of benzene rings is 2. The predicted octanol–water partition coefficient (Wildman–Crippen LogP) is 5.51. The third kappa shape index (κ3) is 3.28. The van der Waals surface area contributed by atoms with E-state index >= 15 is 0 Å². The molecule has 0 radical (unpaired) electrons. The van der Waals surface area contributed by atoms with Gasteiger partial charge in [-0.1, -0.05) is 31.9 Å². The summed E-state index contributed by atoms with van der Waals surface area (Å²) < 4.78 is 4.45. The van der Waals surface area contributed by atoms with Crippen LogP contribution in [-0.2, 0) is 5.41 Å². The van der Waals surface area contributed by atoms with Gasteiger partial charge in [0.2, 0.25) is 0 Å². The van der Waals surface area contributed by atoms with E-state index < -0.39 is 0 Å². The number of aromatic amines is 1. The predicted molar refractivity (Wildman–Crippen MR) is 135 cm³/mol. The number of ketones is 1. The van der Waals surface area contributed by atoms with Crippen LogP contribution in [0.1, 0.15) is 59.4 Å². The fourth-order valence-electron chi connectivity index (χ4n) is 5.16. The molecule has 2 aromatic carbocycles. The van der Waals surface area contributed by atoms with Crippen molar-refractivity contribution in [3.63, 3.8) is 0 Å². The lowest BCUT2D eigenvalue weighted by Crippen LogP contribution is -2.41. The molecule has 7 heteroatoms. The van der Waals surface area contributed by atoms with Gasteiger partial charge in [0, 0.05) is 51.2 Å². The third-order valence-corrected chi connectivity index (χ3v) is 8.11. The van der Waals surface area contributed by atoms with Crippen LogP contribution in [0.5, 0.6) is 0 Å². The van der Waals surface area contributed by atoms with Crippen LogP contribution in [0.25, 0.3) is 10.9 Å². The number of halogens is 1. The molecule has 0 unspecified atom stereocenters. The van der Waals surface area contributed by atoms with Crippen molar-refractivity contribution in [1.29, 1.82) is 5.26 Å². The number of piperidine rings is 1. The van der Waals surface area contributed by atoms with Gasteiger partial charge in [-0.25, -0.2) is 0 Å². The van der Waals surface area contributed by atoms with Gasteiger partial charge in [0.05, 0.1) is 22.9 Å². The second kappa shape index (κ2) is 7.95. The van der Waals surface area contributed by atoms with Gasteiger partial charge < -0.3 is 9.88 Å².